The Hall–Kier alpha value is -1.45. The molecule has 0 radical (unpaired) electrons. The molecular formula is C15H18ClF5N2O2. The highest BCUT2D eigenvalue weighted by Gasteiger charge is 2.42. The second kappa shape index (κ2) is 8.77. The first-order valence-corrected chi connectivity index (χ1v) is 7.26. The number of carbonyl (C=O) groups excluding carboxylic acids is 1. The molecule has 1 aromatic carbocycles. The number of ether oxygens (including phenoxy) is 1. The van der Waals surface area contributed by atoms with Gasteiger partial charge in [-0.1, -0.05) is 24.3 Å². The van der Waals surface area contributed by atoms with E-state index >= 15 is 0 Å². The number of amides is 1. The molecule has 142 valence electrons. The summed E-state index contributed by atoms with van der Waals surface area (Å²) in [5.41, 5.74) is 1.16. The van der Waals surface area contributed by atoms with E-state index in [0.29, 0.717) is 11.1 Å². The van der Waals surface area contributed by atoms with Crippen LogP contribution in [-0.4, -0.2) is 37.2 Å². The number of halogens is 6. The largest absolute Gasteiger partial charge is 0.411 e. The fourth-order valence-electron chi connectivity index (χ4n) is 2.33. The van der Waals surface area contributed by atoms with Crippen LogP contribution in [0.2, 0.25) is 0 Å². The molecule has 1 aliphatic rings. The van der Waals surface area contributed by atoms with Crippen LogP contribution in [0.1, 0.15) is 17.5 Å². The van der Waals surface area contributed by atoms with Crippen LogP contribution in [0.15, 0.2) is 24.3 Å². The Morgan fingerprint density at radius 2 is 2.00 bits per heavy atom. The molecule has 10 heteroatoms. The summed E-state index contributed by atoms with van der Waals surface area (Å²) in [7, 11) is 0. The van der Waals surface area contributed by atoms with E-state index in [9.17, 15) is 26.7 Å². The lowest BCUT2D eigenvalue weighted by Crippen LogP contribution is -2.40. The molecule has 2 N–H and O–H groups in total. The molecule has 1 aromatic rings. The zero-order valence-corrected chi connectivity index (χ0v) is 13.9. The zero-order valence-electron chi connectivity index (χ0n) is 13.0. The molecular weight excluding hydrogens is 371 g/mol. The predicted molar refractivity (Wildman–Crippen MR) is 82.6 cm³/mol. The van der Waals surface area contributed by atoms with Crippen molar-refractivity contribution in [2.24, 2.45) is 0 Å². The summed E-state index contributed by atoms with van der Waals surface area (Å²) in [5.74, 6) is -3.43. The van der Waals surface area contributed by atoms with Crippen molar-refractivity contribution in [3.05, 3.63) is 35.4 Å². The van der Waals surface area contributed by atoms with Crippen LogP contribution < -0.4 is 10.6 Å². The zero-order chi connectivity index (χ0) is 17.8. The number of nitrogens with one attached hydrogen (secondary N) is 2. The van der Waals surface area contributed by atoms with Gasteiger partial charge >= 0.3 is 6.18 Å². The van der Waals surface area contributed by atoms with E-state index < -0.39 is 43.6 Å². The summed E-state index contributed by atoms with van der Waals surface area (Å²) in [6.45, 7) is -1.99. The fourth-order valence-corrected chi connectivity index (χ4v) is 2.33. The van der Waals surface area contributed by atoms with Gasteiger partial charge in [-0.2, -0.15) is 13.2 Å². The van der Waals surface area contributed by atoms with Gasteiger partial charge in [0.25, 0.3) is 5.92 Å². The topological polar surface area (TPSA) is 50.4 Å². The van der Waals surface area contributed by atoms with Crippen molar-refractivity contribution in [3.8, 4) is 0 Å². The van der Waals surface area contributed by atoms with Gasteiger partial charge in [0.1, 0.15) is 6.61 Å². The average Bonchev–Trinajstić information content (AvgIpc) is 2.84. The van der Waals surface area contributed by atoms with Crippen LogP contribution >= 0.6 is 12.4 Å². The van der Waals surface area contributed by atoms with Crippen molar-refractivity contribution in [3.63, 3.8) is 0 Å². The van der Waals surface area contributed by atoms with Gasteiger partial charge in [-0.3, -0.25) is 10.1 Å². The van der Waals surface area contributed by atoms with Crippen molar-refractivity contribution >= 4 is 18.3 Å². The van der Waals surface area contributed by atoms with Crippen LogP contribution in [0.25, 0.3) is 0 Å². The third-order valence-electron chi connectivity index (χ3n) is 3.42. The standard InChI is InChI=1S/C15H17F5N2O2.ClH/c16-14(17)5-12(22-8-14)13(23)21-6-10-2-1-3-11(4-10)7-24-9-15(18,19)20;/h1-4,12,22H,5-9H2,(H,21,23);1H. The maximum atomic E-state index is 13.0. The first kappa shape index (κ1) is 21.6. The summed E-state index contributed by atoms with van der Waals surface area (Å²) in [6, 6.07) is 5.53. The molecule has 0 bridgehead atoms. The third kappa shape index (κ3) is 7.54. The molecule has 1 heterocycles. The van der Waals surface area contributed by atoms with Crippen LogP contribution in [-0.2, 0) is 22.7 Å². The van der Waals surface area contributed by atoms with Gasteiger partial charge in [-0.15, -0.1) is 12.4 Å². The Morgan fingerprint density at radius 1 is 1.32 bits per heavy atom. The van der Waals surface area contributed by atoms with Crippen molar-refractivity contribution in [1.82, 2.24) is 10.6 Å². The molecule has 1 saturated heterocycles. The lowest BCUT2D eigenvalue weighted by Gasteiger charge is -2.12. The molecule has 0 aromatic heterocycles. The lowest BCUT2D eigenvalue weighted by molar-refractivity contribution is -0.176. The molecule has 0 spiro atoms. The van der Waals surface area contributed by atoms with Gasteiger partial charge < -0.3 is 10.1 Å². The Bertz CT molecular complexity index is 583. The molecule has 2 rings (SSSR count). The van der Waals surface area contributed by atoms with Crippen molar-refractivity contribution in [2.75, 3.05) is 13.2 Å². The fraction of sp³-hybridized carbons (Fsp3) is 0.533. The van der Waals surface area contributed by atoms with Gasteiger partial charge in [0, 0.05) is 13.0 Å². The van der Waals surface area contributed by atoms with Gasteiger partial charge in [-0.05, 0) is 11.1 Å². The molecule has 1 fully saturated rings. The normalized spacial score (nSPS) is 19.3. The van der Waals surface area contributed by atoms with Crippen molar-refractivity contribution in [1.29, 1.82) is 0 Å². The SMILES string of the molecule is Cl.O=C(NCc1cccc(COCC(F)(F)F)c1)C1CC(F)(F)CN1. The number of alkyl halides is 5. The highest BCUT2D eigenvalue weighted by Crippen LogP contribution is 2.25. The van der Waals surface area contributed by atoms with E-state index in [1.165, 1.54) is 0 Å². The molecule has 4 nitrogen and oxygen atoms in total. The van der Waals surface area contributed by atoms with E-state index in [1.807, 2.05) is 0 Å². The van der Waals surface area contributed by atoms with Gasteiger partial charge in [0.2, 0.25) is 5.91 Å². The smallest absolute Gasteiger partial charge is 0.367 e. The first-order valence-electron chi connectivity index (χ1n) is 7.26. The highest BCUT2D eigenvalue weighted by molar-refractivity contribution is 5.85. The Morgan fingerprint density at radius 3 is 2.60 bits per heavy atom. The summed E-state index contributed by atoms with van der Waals surface area (Å²) >= 11 is 0. The minimum atomic E-state index is -4.39. The second-order valence-corrected chi connectivity index (χ2v) is 5.64. The third-order valence-corrected chi connectivity index (χ3v) is 3.42. The monoisotopic (exact) mass is 388 g/mol. The molecule has 1 unspecified atom stereocenters. The van der Waals surface area contributed by atoms with Gasteiger partial charge in [0.05, 0.1) is 19.2 Å². The predicted octanol–water partition coefficient (Wildman–Crippen LogP) is 2.80. The lowest BCUT2D eigenvalue weighted by atomic mass is 10.1. The van der Waals surface area contributed by atoms with E-state index in [1.54, 1.807) is 24.3 Å². The molecule has 1 atom stereocenters. The summed E-state index contributed by atoms with van der Waals surface area (Å²) in [4.78, 5) is 11.8. The number of rotatable bonds is 6. The van der Waals surface area contributed by atoms with E-state index in [4.69, 9.17) is 0 Å². The van der Waals surface area contributed by atoms with Crippen LogP contribution in [0.3, 0.4) is 0 Å². The van der Waals surface area contributed by atoms with Gasteiger partial charge in [-0.25, -0.2) is 8.78 Å². The summed E-state index contributed by atoms with van der Waals surface area (Å²) in [5, 5.41) is 4.98. The number of benzene rings is 1. The molecule has 1 aliphatic heterocycles. The van der Waals surface area contributed by atoms with Crippen molar-refractivity contribution in [2.45, 2.75) is 37.7 Å². The molecule has 1 amide bonds. The van der Waals surface area contributed by atoms with Crippen LogP contribution in [0.4, 0.5) is 22.0 Å². The first-order chi connectivity index (χ1) is 11.1. The quantitative estimate of drug-likeness (QED) is 0.737. The average molecular weight is 389 g/mol. The Balaban J connectivity index is 0.00000312. The summed E-state index contributed by atoms with van der Waals surface area (Å²) < 4.78 is 66.7. The van der Waals surface area contributed by atoms with Crippen LogP contribution in [0, 0.1) is 0 Å². The maximum Gasteiger partial charge on any atom is 0.411 e. The van der Waals surface area contributed by atoms with Crippen LogP contribution in [0.5, 0.6) is 0 Å². The number of hydrogen-bond donors (Lipinski definition) is 2. The molecule has 0 aliphatic carbocycles. The minimum Gasteiger partial charge on any atom is -0.367 e. The van der Waals surface area contributed by atoms with E-state index in [0.717, 1.165) is 0 Å². The Labute approximate surface area is 147 Å². The van der Waals surface area contributed by atoms with Gasteiger partial charge in [0.15, 0.2) is 0 Å². The minimum absolute atomic E-state index is 0. The van der Waals surface area contributed by atoms with E-state index in [-0.39, 0.29) is 25.6 Å². The van der Waals surface area contributed by atoms with Crippen molar-refractivity contribution < 1.29 is 31.5 Å². The number of hydrogen-bond acceptors (Lipinski definition) is 3. The number of carbonyl (C=O) groups is 1. The second-order valence-electron chi connectivity index (χ2n) is 5.64. The van der Waals surface area contributed by atoms with E-state index in [2.05, 4.69) is 15.4 Å². The maximum absolute atomic E-state index is 13.0. The molecule has 25 heavy (non-hydrogen) atoms. The summed E-state index contributed by atoms with van der Waals surface area (Å²) in [6.07, 6.45) is -4.94. The molecule has 0 saturated carbocycles. The Kier molecular flexibility index (Phi) is 7.58. The highest BCUT2D eigenvalue weighted by atomic mass is 35.5.